The second-order valence-corrected chi connectivity index (χ2v) is 12.2. The van der Waals surface area contributed by atoms with E-state index < -0.39 is 144 Å². The molecule has 278 valence electrons. The van der Waals surface area contributed by atoms with Crippen molar-refractivity contribution in [3.8, 4) is 11.1 Å². The Kier molecular flexibility index (Phi) is 6.91. The Morgan fingerprint density at radius 3 is 2.38 bits per heavy atom. The summed E-state index contributed by atoms with van der Waals surface area (Å²) in [4.78, 5) is 29.2. The molecule has 1 amide bonds. The van der Waals surface area contributed by atoms with E-state index in [1.54, 1.807) is 0 Å². The molecule has 53 heavy (non-hydrogen) atoms. The van der Waals surface area contributed by atoms with Crippen LogP contribution < -0.4 is 5.43 Å². The predicted octanol–water partition coefficient (Wildman–Crippen LogP) is 8.71. The van der Waals surface area contributed by atoms with Crippen LogP contribution in [0.25, 0.3) is 22.0 Å². The summed E-state index contributed by atoms with van der Waals surface area (Å²) in [6.45, 7) is -13.8. The molecule has 6 nitrogen and oxygen atoms in total. The molecule has 2 heterocycles. The number of benzene rings is 4. The number of fused-ring (bicyclic) bond motifs is 1. The molecule has 1 aliphatic rings. The highest BCUT2D eigenvalue weighted by atomic mass is 32.2. The van der Waals surface area contributed by atoms with Crippen molar-refractivity contribution in [2.45, 2.75) is 55.7 Å². The molecule has 0 aliphatic carbocycles. The van der Waals surface area contributed by atoms with Crippen molar-refractivity contribution in [3.05, 3.63) is 135 Å². The van der Waals surface area contributed by atoms with E-state index in [0.29, 0.717) is 10.6 Å². The van der Waals surface area contributed by atoms with E-state index in [9.17, 15) is 29.2 Å². The third-order valence-electron chi connectivity index (χ3n) is 7.78. The van der Waals surface area contributed by atoms with Gasteiger partial charge in [-0.25, -0.2) is 8.78 Å². The zero-order chi connectivity index (χ0) is 52.9. The van der Waals surface area contributed by atoms with Crippen molar-refractivity contribution in [2.24, 2.45) is 0 Å². The lowest BCUT2D eigenvalue weighted by Gasteiger charge is -2.39. The van der Waals surface area contributed by atoms with Gasteiger partial charge >= 0.3 is 6.18 Å². The zero-order valence-electron chi connectivity index (χ0n) is 44.8. The maximum Gasteiger partial charge on any atom is 0.416 e. The summed E-state index contributed by atoms with van der Waals surface area (Å²) >= 11 is -0.176. The Hall–Kier alpha value is -4.52. The number of carbonyl (C=O) groups excluding carboxylic acids is 1. The van der Waals surface area contributed by atoms with Gasteiger partial charge in [0, 0.05) is 75.6 Å². The van der Waals surface area contributed by atoms with E-state index in [-0.39, 0.29) is 43.8 Å². The van der Waals surface area contributed by atoms with Crippen molar-refractivity contribution < 1.29 is 54.8 Å². The Labute approximate surface area is 333 Å². The summed E-state index contributed by atoms with van der Waals surface area (Å²) < 4.78 is 226. The van der Waals surface area contributed by atoms with Gasteiger partial charge in [-0.05, 0) is 66.6 Å². The number of piperidine rings is 1. The normalized spacial score (nSPS) is 23.8. The van der Waals surface area contributed by atoms with Gasteiger partial charge in [0.1, 0.15) is 6.54 Å². The van der Waals surface area contributed by atoms with Crippen molar-refractivity contribution in [3.63, 3.8) is 0 Å². The minimum Gasteiger partial charge on any atom is -0.383 e. The molecular formula is C41H40F5N3O3S. The van der Waals surface area contributed by atoms with Crippen LogP contribution in [-0.2, 0) is 34.5 Å². The first-order chi connectivity index (χ1) is 31.9. The number of carbonyl (C=O) groups is 1. The van der Waals surface area contributed by atoms with E-state index in [2.05, 4.69) is 4.74 Å². The standard InChI is InChI=1S/C41H40F5N3O3S/c1-27-6-15-36-34(22-27)37(50)23-39(53-26-31-4-3-5-35(42)40(31)43)49(36)25-38(51)48(33-16-18-47(19-17-33)20-21-52-2)24-28-7-9-29(10-8-28)30-11-13-32(14-12-30)41(44,45)46/h3-15,22-23,33H,16-21,24-26H2,1-2H3/i6D,15D,16D2,17D2,18D2,19D2,21D2,22D,23D,26D2,33D. The van der Waals surface area contributed by atoms with E-state index in [1.807, 2.05) is 0 Å². The number of methoxy groups -OCH3 is 1. The summed E-state index contributed by atoms with van der Waals surface area (Å²) in [6, 6.07) is 3.59. The van der Waals surface area contributed by atoms with Crippen LogP contribution in [0.15, 0.2) is 101 Å². The number of thioether (sulfide) groups is 1. The molecule has 12 heteroatoms. The quantitative estimate of drug-likeness (QED) is 0.0940. The molecule has 1 saturated heterocycles. The van der Waals surface area contributed by atoms with Crippen LogP contribution in [0.2, 0.25) is 0 Å². The van der Waals surface area contributed by atoms with Gasteiger partial charge in [-0.1, -0.05) is 60.1 Å². The highest BCUT2D eigenvalue weighted by Crippen LogP contribution is 2.32. The number of amides is 1. The Bertz CT molecular complexity index is 2910. The Morgan fingerprint density at radius 2 is 1.72 bits per heavy atom. The maximum atomic E-state index is 15.4. The van der Waals surface area contributed by atoms with E-state index in [0.717, 1.165) is 43.5 Å². The molecule has 4 aromatic carbocycles. The number of hydrogen-bond acceptors (Lipinski definition) is 5. The Morgan fingerprint density at radius 1 is 1.04 bits per heavy atom. The fraction of sp³-hybridized carbons (Fsp3) is 0.317. The van der Waals surface area contributed by atoms with Crippen LogP contribution in [0.1, 0.15) is 58.3 Å². The summed E-state index contributed by atoms with van der Waals surface area (Å²) in [5.41, 5.74) is -7.21. The van der Waals surface area contributed by atoms with Gasteiger partial charge in [0.15, 0.2) is 17.1 Å². The molecular weight excluding hydrogens is 710 g/mol. The first-order valence-corrected chi connectivity index (χ1v) is 16.4. The molecule has 0 N–H and O–H groups in total. The van der Waals surface area contributed by atoms with Crippen LogP contribution in [0.4, 0.5) is 22.0 Å². The fourth-order valence-electron chi connectivity index (χ4n) is 5.10. The highest BCUT2D eigenvalue weighted by Gasteiger charge is 2.31. The van der Waals surface area contributed by atoms with Crippen LogP contribution in [0.3, 0.4) is 0 Å². The average Bonchev–Trinajstić information content (AvgIpc) is 3.28. The summed E-state index contributed by atoms with van der Waals surface area (Å²) in [7, 11) is 0.809. The van der Waals surface area contributed by atoms with Crippen molar-refractivity contribution in [1.82, 2.24) is 14.4 Å². The van der Waals surface area contributed by atoms with Crippen molar-refractivity contribution in [2.75, 3.05) is 33.2 Å². The Balaban J connectivity index is 1.62. The van der Waals surface area contributed by atoms with Gasteiger partial charge in [0.25, 0.3) is 0 Å². The van der Waals surface area contributed by atoms with Gasteiger partial charge in [0.2, 0.25) is 5.91 Å². The second-order valence-electron chi connectivity index (χ2n) is 11.4. The number of alkyl halides is 3. The monoisotopic (exact) mass is 766 g/mol. The van der Waals surface area contributed by atoms with Crippen LogP contribution >= 0.6 is 11.8 Å². The lowest BCUT2D eigenvalue weighted by atomic mass is 10.00. The predicted molar refractivity (Wildman–Crippen MR) is 198 cm³/mol. The van der Waals surface area contributed by atoms with Crippen LogP contribution in [-0.4, -0.2) is 59.5 Å². The lowest BCUT2D eigenvalue weighted by molar-refractivity contribution is -0.137. The molecule has 6 rings (SSSR count). The van der Waals surface area contributed by atoms with Crippen LogP contribution in [0, 0.1) is 18.6 Å². The maximum absolute atomic E-state index is 15.4. The highest BCUT2D eigenvalue weighted by molar-refractivity contribution is 7.98. The molecule has 1 aromatic heterocycles. The van der Waals surface area contributed by atoms with Crippen LogP contribution in [0.5, 0.6) is 0 Å². The second kappa shape index (κ2) is 16.7. The number of likely N-dealkylation sites (tertiary alicyclic amines) is 1. The first-order valence-electron chi connectivity index (χ1n) is 24.1. The average molecular weight is 767 g/mol. The molecule has 0 bridgehead atoms. The zero-order valence-corrected chi connectivity index (χ0v) is 28.7. The van der Waals surface area contributed by atoms with Gasteiger partial charge in [-0.2, -0.15) is 13.2 Å². The SMILES string of the molecule is [2H]c1c(C)c([2H])c2c(=O)c([2H])c(SC([2H])([2H])c3cccc(F)c3F)n(CC(=O)N(Cc3ccc(-c4ccc(C(F)(F)F)cc4)cc3)C3([2H])C([2H])([2H])C([2H])([2H])N(CC([2H])([2H])OC)C([2H])([2H])C3([2H])[2H])c2c1[2H]. The number of ether oxygens (including phenoxy) is 1. The third-order valence-corrected chi connectivity index (χ3v) is 8.62. The number of pyridine rings is 1. The number of hydrogen-bond donors (Lipinski definition) is 0. The minimum absolute atomic E-state index is 0.0575. The fourth-order valence-corrected chi connectivity index (χ4v) is 5.87. The van der Waals surface area contributed by atoms with Crippen molar-refractivity contribution >= 4 is 28.6 Å². The van der Waals surface area contributed by atoms with Gasteiger partial charge in [-0.15, -0.1) is 11.8 Å². The number of rotatable bonds is 12. The largest absolute Gasteiger partial charge is 0.416 e. The number of nitrogens with zero attached hydrogens (tertiary/aromatic N) is 3. The molecule has 0 radical (unpaired) electrons. The summed E-state index contributed by atoms with van der Waals surface area (Å²) in [6.07, 6.45) is -12.9. The lowest BCUT2D eigenvalue weighted by Crippen LogP contribution is -2.48. The smallest absolute Gasteiger partial charge is 0.383 e. The topological polar surface area (TPSA) is 54.8 Å². The number of halogens is 5. The van der Waals surface area contributed by atoms with Gasteiger partial charge < -0.3 is 19.1 Å². The molecule has 1 fully saturated rings. The minimum atomic E-state index is -4.67. The number of aromatic nitrogens is 1. The van der Waals surface area contributed by atoms with Gasteiger partial charge in [0.05, 0.1) is 32.3 Å². The molecule has 0 saturated carbocycles. The molecule has 1 aliphatic heterocycles. The van der Waals surface area contributed by atoms with E-state index in [4.69, 9.17) is 16.4 Å². The molecule has 0 unspecified atom stereocenters. The van der Waals surface area contributed by atoms with Gasteiger partial charge in [-0.3, -0.25) is 9.59 Å². The third kappa shape index (κ3) is 9.17. The summed E-state index contributed by atoms with van der Waals surface area (Å²) in [5, 5.41) is -1.74. The molecule has 5 aromatic rings. The molecule has 0 atom stereocenters. The van der Waals surface area contributed by atoms with Crippen molar-refractivity contribution in [1.29, 1.82) is 0 Å². The van der Waals surface area contributed by atoms with E-state index >= 15 is 9.18 Å². The first kappa shape index (κ1) is 22.0. The van der Waals surface area contributed by atoms with E-state index in [1.165, 1.54) is 31.2 Å². The summed E-state index contributed by atoms with van der Waals surface area (Å²) in [5.74, 6) is -4.93. The molecule has 0 spiro atoms.